The number of ether oxygens (including phenoxy) is 3. The Morgan fingerprint density at radius 2 is 1.82 bits per heavy atom. The Bertz CT molecular complexity index is 866. The lowest BCUT2D eigenvalue weighted by molar-refractivity contribution is -0.150. The van der Waals surface area contributed by atoms with Gasteiger partial charge < -0.3 is 19.5 Å². The fourth-order valence-electron chi connectivity index (χ4n) is 2.39. The van der Waals surface area contributed by atoms with Crippen molar-refractivity contribution in [3.05, 3.63) is 65.5 Å². The maximum absolute atomic E-state index is 13.6. The zero-order valence-electron chi connectivity index (χ0n) is 15.9. The summed E-state index contributed by atoms with van der Waals surface area (Å²) in [6, 6.07) is 11.6. The van der Waals surface area contributed by atoms with Gasteiger partial charge in [0.05, 0.1) is 14.2 Å². The average molecular weight is 387 g/mol. The van der Waals surface area contributed by atoms with Gasteiger partial charge >= 0.3 is 5.97 Å². The van der Waals surface area contributed by atoms with Crippen LogP contribution in [0.2, 0.25) is 0 Å². The third kappa shape index (κ3) is 5.84. The third-order valence-corrected chi connectivity index (χ3v) is 3.90. The molecule has 0 saturated carbocycles. The van der Waals surface area contributed by atoms with Crippen LogP contribution in [-0.4, -0.2) is 32.2 Å². The van der Waals surface area contributed by atoms with Gasteiger partial charge in [-0.25, -0.2) is 9.18 Å². The predicted molar refractivity (Wildman–Crippen MR) is 102 cm³/mol. The summed E-state index contributed by atoms with van der Waals surface area (Å²) in [6.45, 7) is 1.71. The number of hydrogen-bond donors (Lipinski definition) is 1. The second-order valence-corrected chi connectivity index (χ2v) is 5.84. The van der Waals surface area contributed by atoms with E-state index in [1.54, 1.807) is 19.2 Å². The molecule has 0 fully saturated rings. The van der Waals surface area contributed by atoms with Crippen LogP contribution in [0.3, 0.4) is 0 Å². The van der Waals surface area contributed by atoms with Crippen molar-refractivity contribution in [1.29, 1.82) is 0 Å². The molecule has 2 rings (SSSR count). The number of hydrogen-bond acceptors (Lipinski definition) is 5. The van der Waals surface area contributed by atoms with Crippen molar-refractivity contribution >= 4 is 18.0 Å². The number of carbonyl (C=O) groups excluding carboxylic acids is 2. The zero-order chi connectivity index (χ0) is 20.5. The number of nitrogens with one attached hydrogen (secondary N) is 1. The molecular formula is C21H22FNO5. The molecule has 0 unspecified atom stereocenters. The molecule has 6 nitrogen and oxygen atoms in total. The van der Waals surface area contributed by atoms with Crippen LogP contribution in [-0.2, 0) is 20.9 Å². The molecule has 0 radical (unpaired) electrons. The number of para-hydroxylation sites is 1. The molecule has 1 amide bonds. The molecule has 0 spiro atoms. The highest BCUT2D eigenvalue weighted by molar-refractivity contribution is 5.90. The van der Waals surface area contributed by atoms with Crippen LogP contribution < -0.4 is 14.8 Å². The molecular weight excluding hydrogens is 365 g/mol. The van der Waals surface area contributed by atoms with E-state index in [0.29, 0.717) is 11.3 Å². The van der Waals surface area contributed by atoms with Crippen molar-refractivity contribution in [3.63, 3.8) is 0 Å². The first-order valence-corrected chi connectivity index (χ1v) is 8.56. The van der Waals surface area contributed by atoms with Gasteiger partial charge in [0.25, 0.3) is 5.91 Å². The Labute approximate surface area is 162 Å². The van der Waals surface area contributed by atoms with E-state index in [1.165, 1.54) is 32.2 Å². The molecule has 1 atom stereocenters. The summed E-state index contributed by atoms with van der Waals surface area (Å²) in [7, 11) is 2.91. The minimum atomic E-state index is -0.987. The van der Waals surface area contributed by atoms with Crippen LogP contribution in [0.5, 0.6) is 11.5 Å². The Morgan fingerprint density at radius 1 is 1.11 bits per heavy atom. The van der Waals surface area contributed by atoms with Gasteiger partial charge in [-0.3, -0.25) is 4.79 Å². The number of amides is 1. The minimum Gasteiger partial charge on any atom is -0.496 e. The summed E-state index contributed by atoms with van der Waals surface area (Å²) in [5.41, 5.74) is 1.27. The van der Waals surface area contributed by atoms with E-state index in [1.807, 2.05) is 18.2 Å². The van der Waals surface area contributed by atoms with Crippen molar-refractivity contribution in [2.45, 2.75) is 19.6 Å². The number of esters is 1. The normalized spacial score (nSPS) is 11.7. The van der Waals surface area contributed by atoms with E-state index in [2.05, 4.69) is 5.32 Å². The van der Waals surface area contributed by atoms with E-state index in [9.17, 15) is 14.0 Å². The summed E-state index contributed by atoms with van der Waals surface area (Å²) in [6.07, 6.45) is 1.54. The van der Waals surface area contributed by atoms with E-state index >= 15 is 0 Å². The van der Waals surface area contributed by atoms with E-state index in [4.69, 9.17) is 14.2 Å². The van der Waals surface area contributed by atoms with E-state index in [-0.39, 0.29) is 12.3 Å². The Morgan fingerprint density at radius 3 is 2.50 bits per heavy atom. The van der Waals surface area contributed by atoms with Gasteiger partial charge in [-0.2, -0.15) is 0 Å². The molecule has 0 aliphatic carbocycles. The summed E-state index contributed by atoms with van der Waals surface area (Å²) in [5, 5.41) is 2.69. The predicted octanol–water partition coefficient (Wildman–Crippen LogP) is 3.10. The summed E-state index contributed by atoms with van der Waals surface area (Å²) < 4.78 is 28.7. The highest BCUT2D eigenvalue weighted by Gasteiger charge is 2.16. The van der Waals surface area contributed by atoms with E-state index in [0.717, 1.165) is 11.6 Å². The molecule has 0 aliphatic rings. The lowest BCUT2D eigenvalue weighted by Gasteiger charge is -2.13. The molecule has 0 bridgehead atoms. The van der Waals surface area contributed by atoms with Crippen LogP contribution in [0.25, 0.3) is 6.08 Å². The Kier molecular flexibility index (Phi) is 7.56. The van der Waals surface area contributed by atoms with Gasteiger partial charge in [-0.05, 0) is 36.8 Å². The summed E-state index contributed by atoms with van der Waals surface area (Å²) >= 11 is 0. The molecule has 0 aliphatic heterocycles. The highest BCUT2D eigenvalue weighted by atomic mass is 19.1. The first-order valence-electron chi connectivity index (χ1n) is 8.56. The van der Waals surface area contributed by atoms with Crippen LogP contribution in [0.15, 0.2) is 48.5 Å². The molecule has 2 aromatic carbocycles. The second kappa shape index (κ2) is 10.1. The van der Waals surface area contributed by atoms with E-state index < -0.39 is 23.8 Å². The third-order valence-electron chi connectivity index (χ3n) is 3.90. The van der Waals surface area contributed by atoms with Crippen molar-refractivity contribution in [2.24, 2.45) is 0 Å². The maximum atomic E-state index is 13.6. The standard InChI is InChI=1S/C21H22FNO5/c1-14(21(25)23-13-16-6-4-5-7-18(16)26-2)28-20(24)11-9-15-8-10-19(27-3)17(22)12-15/h4-12,14H,13H2,1-3H3,(H,23,25)/b11-9+/t14-/m0/s1. The molecule has 28 heavy (non-hydrogen) atoms. The Hall–Kier alpha value is -3.35. The average Bonchev–Trinajstić information content (AvgIpc) is 2.70. The molecule has 0 saturated heterocycles. The minimum absolute atomic E-state index is 0.111. The number of benzene rings is 2. The van der Waals surface area contributed by atoms with Crippen molar-refractivity contribution in [1.82, 2.24) is 5.32 Å². The first kappa shape index (κ1) is 21.0. The van der Waals surface area contributed by atoms with Gasteiger partial charge in [0.2, 0.25) is 0 Å². The maximum Gasteiger partial charge on any atom is 0.331 e. The number of carbonyl (C=O) groups is 2. The van der Waals surface area contributed by atoms with Gasteiger partial charge in [-0.1, -0.05) is 24.3 Å². The lowest BCUT2D eigenvalue weighted by Crippen LogP contribution is -2.35. The lowest BCUT2D eigenvalue weighted by atomic mass is 10.2. The number of methoxy groups -OCH3 is 2. The first-order chi connectivity index (χ1) is 13.4. The van der Waals surface area contributed by atoms with Crippen LogP contribution in [0, 0.1) is 5.82 Å². The largest absolute Gasteiger partial charge is 0.496 e. The SMILES string of the molecule is COc1ccc(/C=C/C(=O)O[C@@H](C)C(=O)NCc2ccccc2OC)cc1F. The molecule has 7 heteroatoms. The second-order valence-electron chi connectivity index (χ2n) is 5.84. The molecule has 0 heterocycles. The van der Waals surface area contributed by atoms with Gasteiger partial charge in [0.1, 0.15) is 5.75 Å². The quantitative estimate of drug-likeness (QED) is 0.557. The fourth-order valence-corrected chi connectivity index (χ4v) is 2.39. The molecule has 0 aromatic heterocycles. The smallest absolute Gasteiger partial charge is 0.331 e. The monoisotopic (exact) mass is 387 g/mol. The van der Waals surface area contributed by atoms with Gasteiger partial charge in [0.15, 0.2) is 17.7 Å². The fraction of sp³-hybridized carbons (Fsp3) is 0.238. The summed E-state index contributed by atoms with van der Waals surface area (Å²) in [4.78, 5) is 24.0. The number of rotatable bonds is 8. The molecule has 1 N–H and O–H groups in total. The van der Waals surface area contributed by atoms with Crippen LogP contribution >= 0.6 is 0 Å². The van der Waals surface area contributed by atoms with Crippen molar-refractivity contribution < 1.29 is 28.2 Å². The summed E-state index contributed by atoms with van der Waals surface area (Å²) in [5.74, 6) is -0.927. The zero-order valence-corrected chi connectivity index (χ0v) is 15.9. The molecule has 148 valence electrons. The van der Waals surface area contributed by atoms with Gasteiger partial charge in [-0.15, -0.1) is 0 Å². The van der Waals surface area contributed by atoms with Crippen molar-refractivity contribution in [2.75, 3.05) is 14.2 Å². The van der Waals surface area contributed by atoms with Crippen LogP contribution in [0.1, 0.15) is 18.1 Å². The number of halogens is 1. The van der Waals surface area contributed by atoms with Crippen molar-refractivity contribution in [3.8, 4) is 11.5 Å². The van der Waals surface area contributed by atoms with Gasteiger partial charge in [0, 0.05) is 18.2 Å². The molecule has 2 aromatic rings. The Balaban J connectivity index is 1.87. The van der Waals surface area contributed by atoms with Crippen LogP contribution in [0.4, 0.5) is 4.39 Å². The topological polar surface area (TPSA) is 73.9 Å². The highest BCUT2D eigenvalue weighted by Crippen LogP contribution is 2.18.